The number of carbonyl (C=O) groups is 1. The van der Waals surface area contributed by atoms with E-state index in [2.05, 4.69) is 22.5 Å². The number of carbonyl (C=O) groups excluding carboxylic acids is 1. The first kappa shape index (κ1) is 13.8. The zero-order chi connectivity index (χ0) is 13.7. The summed E-state index contributed by atoms with van der Waals surface area (Å²) in [5.74, 6) is 0.631. The minimum atomic E-state index is -0.00208. The zero-order valence-electron chi connectivity index (χ0n) is 11.8. The summed E-state index contributed by atoms with van der Waals surface area (Å²) in [4.78, 5) is 16.4. The molecular weight excluding hydrogens is 238 g/mol. The van der Waals surface area contributed by atoms with Crippen LogP contribution in [0.1, 0.15) is 49.9 Å². The summed E-state index contributed by atoms with van der Waals surface area (Å²) in [5, 5.41) is 6.31. The van der Waals surface area contributed by atoms with E-state index in [-0.39, 0.29) is 11.9 Å². The Balaban J connectivity index is 2.02. The molecule has 0 spiro atoms. The van der Waals surface area contributed by atoms with Gasteiger partial charge in [-0.3, -0.25) is 9.78 Å². The second-order valence-corrected chi connectivity index (χ2v) is 5.26. The molecule has 1 fully saturated rings. The second kappa shape index (κ2) is 6.55. The minimum Gasteiger partial charge on any atom is -0.383 e. The summed E-state index contributed by atoms with van der Waals surface area (Å²) >= 11 is 0. The molecule has 0 bridgehead atoms. The lowest BCUT2D eigenvalue weighted by molar-refractivity contribution is 0.0928. The number of rotatable bonds is 5. The third kappa shape index (κ3) is 3.46. The Bertz CT molecular complexity index is 427. The van der Waals surface area contributed by atoms with Crippen LogP contribution >= 0.6 is 0 Å². The molecule has 1 aromatic heterocycles. The lowest BCUT2D eigenvalue weighted by Gasteiger charge is -2.21. The molecule has 2 rings (SSSR count). The van der Waals surface area contributed by atoms with E-state index in [0.717, 1.165) is 12.2 Å². The molecule has 1 heterocycles. The fraction of sp³-hybridized carbons (Fsp3) is 0.600. The highest BCUT2D eigenvalue weighted by Crippen LogP contribution is 2.27. The Morgan fingerprint density at radius 3 is 2.89 bits per heavy atom. The number of hydrogen-bond donors (Lipinski definition) is 2. The molecule has 1 aromatic rings. The van der Waals surface area contributed by atoms with Crippen molar-refractivity contribution in [2.24, 2.45) is 5.92 Å². The van der Waals surface area contributed by atoms with Crippen LogP contribution < -0.4 is 10.6 Å². The monoisotopic (exact) mass is 261 g/mol. The van der Waals surface area contributed by atoms with E-state index in [1.807, 2.05) is 6.92 Å². The fourth-order valence-corrected chi connectivity index (χ4v) is 2.78. The Labute approximate surface area is 115 Å². The maximum Gasteiger partial charge on any atom is 0.253 e. The van der Waals surface area contributed by atoms with Gasteiger partial charge in [0, 0.05) is 18.8 Å². The van der Waals surface area contributed by atoms with Gasteiger partial charge < -0.3 is 10.6 Å². The van der Waals surface area contributed by atoms with Gasteiger partial charge in [-0.15, -0.1) is 0 Å². The molecule has 1 atom stereocenters. The summed E-state index contributed by atoms with van der Waals surface area (Å²) < 4.78 is 0. The van der Waals surface area contributed by atoms with Crippen molar-refractivity contribution in [3.05, 3.63) is 24.0 Å². The molecule has 1 saturated carbocycles. The van der Waals surface area contributed by atoms with E-state index >= 15 is 0 Å². The van der Waals surface area contributed by atoms with Crippen LogP contribution in [0.4, 0.5) is 5.69 Å². The molecule has 1 amide bonds. The molecule has 1 aliphatic rings. The van der Waals surface area contributed by atoms with Gasteiger partial charge in [-0.25, -0.2) is 0 Å². The molecule has 4 nitrogen and oxygen atoms in total. The third-order valence-corrected chi connectivity index (χ3v) is 3.90. The molecule has 2 N–H and O–H groups in total. The van der Waals surface area contributed by atoms with Gasteiger partial charge in [0.1, 0.15) is 0 Å². The highest BCUT2D eigenvalue weighted by Gasteiger charge is 2.23. The van der Waals surface area contributed by atoms with Crippen molar-refractivity contribution in [2.75, 3.05) is 11.9 Å². The van der Waals surface area contributed by atoms with E-state index in [0.29, 0.717) is 11.5 Å². The average molecular weight is 261 g/mol. The molecule has 0 radical (unpaired) electrons. The highest BCUT2D eigenvalue weighted by molar-refractivity contribution is 5.99. The molecular formula is C15H23N3O. The van der Waals surface area contributed by atoms with Gasteiger partial charge in [0.15, 0.2) is 0 Å². The van der Waals surface area contributed by atoms with Crippen LogP contribution in [-0.2, 0) is 0 Å². The molecule has 1 aliphatic carbocycles. The number of hydrogen-bond acceptors (Lipinski definition) is 3. The first-order valence-electron chi connectivity index (χ1n) is 7.21. The highest BCUT2D eigenvalue weighted by atomic mass is 16.1. The number of pyridine rings is 1. The molecule has 0 aliphatic heterocycles. The van der Waals surface area contributed by atoms with E-state index in [1.165, 1.54) is 25.7 Å². The summed E-state index contributed by atoms with van der Waals surface area (Å²) in [5.41, 5.74) is 1.49. The Kier molecular flexibility index (Phi) is 4.77. The van der Waals surface area contributed by atoms with Crippen molar-refractivity contribution in [2.45, 2.75) is 45.6 Å². The van der Waals surface area contributed by atoms with E-state index in [1.54, 1.807) is 18.5 Å². The first-order valence-corrected chi connectivity index (χ1v) is 7.21. The van der Waals surface area contributed by atoms with Gasteiger partial charge >= 0.3 is 0 Å². The van der Waals surface area contributed by atoms with Crippen molar-refractivity contribution in [1.29, 1.82) is 0 Å². The minimum absolute atomic E-state index is 0.00208. The Morgan fingerprint density at radius 1 is 1.47 bits per heavy atom. The first-order chi connectivity index (χ1) is 9.22. The average Bonchev–Trinajstić information content (AvgIpc) is 2.93. The lowest BCUT2D eigenvalue weighted by atomic mass is 9.99. The van der Waals surface area contributed by atoms with Crippen LogP contribution in [0, 0.1) is 5.92 Å². The van der Waals surface area contributed by atoms with Crippen LogP contribution in [0.25, 0.3) is 0 Å². The van der Waals surface area contributed by atoms with Crippen LogP contribution in [0.2, 0.25) is 0 Å². The van der Waals surface area contributed by atoms with Crippen molar-refractivity contribution in [1.82, 2.24) is 10.3 Å². The number of nitrogens with zero attached hydrogens (tertiary/aromatic N) is 1. The number of aromatic nitrogens is 1. The predicted molar refractivity (Wildman–Crippen MR) is 77.3 cm³/mol. The van der Waals surface area contributed by atoms with Crippen LogP contribution in [0.3, 0.4) is 0 Å². The maximum absolute atomic E-state index is 12.3. The van der Waals surface area contributed by atoms with Crippen molar-refractivity contribution < 1.29 is 4.79 Å². The summed E-state index contributed by atoms with van der Waals surface area (Å²) in [6, 6.07) is 2.02. The van der Waals surface area contributed by atoms with E-state index in [4.69, 9.17) is 0 Å². The molecule has 1 unspecified atom stereocenters. The molecule has 104 valence electrons. The molecule has 4 heteroatoms. The van der Waals surface area contributed by atoms with E-state index < -0.39 is 0 Å². The smallest absolute Gasteiger partial charge is 0.253 e. The largest absolute Gasteiger partial charge is 0.383 e. The van der Waals surface area contributed by atoms with Crippen LogP contribution in [0.15, 0.2) is 18.5 Å². The number of amides is 1. The van der Waals surface area contributed by atoms with Gasteiger partial charge in [0.05, 0.1) is 17.4 Å². The zero-order valence-corrected chi connectivity index (χ0v) is 11.8. The van der Waals surface area contributed by atoms with Crippen LogP contribution in [-0.4, -0.2) is 23.5 Å². The fourth-order valence-electron chi connectivity index (χ4n) is 2.78. The SMILES string of the molecule is CCNc1cnccc1C(=O)NC(C)C1CCCC1. The number of anilines is 1. The van der Waals surface area contributed by atoms with Crippen molar-refractivity contribution in [3.63, 3.8) is 0 Å². The number of nitrogens with one attached hydrogen (secondary N) is 2. The van der Waals surface area contributed by atoms with Crippen molar-refractivity contribution in [3.8, 4) is 0 Å². The second-order valence-electron chi connectivity index (χ2n) is 5.26. The Hall–Kier alpha value is -1.58. The van der Waals surface area contributed by atoms with Crippen LogP contribution in [0.5, 0.6) is 0 Å². The predicted octanol–water partition coefficient (Wildman–Crippen LogP) is 2.82. The summed E-state index contributed by atoms with van der Waals surface area (Å²) in [6.07, 6.45) is 8.43. The van der Waals surface area contributed by atoms with Gasteiger partial charge in [-0.2, -0.15) is 0 Å². The Morgan fingerprint density at radius 2 is 2.21 bits per heavy atom. The topological polar surface area (TPSA) is 54.0 Å². The molecule has 19 heavy (non-hydrogen) atoms. The van der Waals surface area contributed by atoms with Gasteiger partial charge in [-0.1, -0.05) is 12.8 Å². The third-order valence-electron chi connectivity index (χ3n) is 3.90. The summed E-state index contributed by atoms with van der Waals surface area (Å²) in [6.45, 7) is 4.90. The normalized spacial score (nSPS) is 17.2. The lowest BCUT2D eigenvalue weighted by Crippen LogP contribution is -2.37. The van der Waals surface area contributed by atoms with Gasteiger partial charge in [-0.05, 0) is 38.7 Å². The quantitative estimate of drug-likeness (QED) is 0.857. The standard InChI is InChI=1S/C15H23N3O/c1-3-17-14-10-16-9-8-13(14)15(19)18-11(2)12-6-4-5-7-12/h8-12,17H,3-7H2,1-2H3,(H,18,19). The summed E-state index contributed by atoms with van der Waals surface area (Å²) in [7, 11) is 0. The van der Waals surface area contributed by atoms with E-state index in [9.17, 15) is 4.79 Å². The van der Waals surface area contributed by atoms with Gasteiger partial charge in [0.25, 0.3) is 5.91 Å². The molecule has 0 aromatic carbocycles. The maximum atomic E-state index is 12.3. The molecule has 0 saturated heterocycles. The van der Waals surface area contributed by atoms with Crippen molar-refractivity contribution >= 4 is 11.6 Å². The van der Waals surface area contributed by atoms with Gasteiger partial charge in [0.2, 0.25) is 0 Å².